The Hall–Kier alpha value is -3.22. The van der Waals surface area contributed by atoms with Gasteiger partial charge in [0.05, 0.1) is 30.1 Å². The summed E-state index contributed by atoms with van der Waals surface area (Å²) >= 11 is 0. The summed E-state index contributed by atoms with van der Waals surface area (Å²) in [6.07, 6.45) is 6.91. The molecule has 1 amide bonds. The number of nitrogens with one attached hydrogen (secondary N) is 1. The first-order valence-corrected chi connectivity index (χ1v) is 9.59. The topological polar surface area (TPSA) is 80.2 Å². The summed E-state index contributed by atoms with van der Waals surface area (Å²) in [7, 11) is 0. The van der Waals surface area contributed by atoms with Gasteiger partial charge >= 0.3 is 0 Å². The number of benzene rings is 1. The maximum absolute atomic E-state index is 12.9. The van der Waals surface area contributed by atoms with E-state index in [-0.39, 0.29) is 11.8 Å². The molecule has 1 aliphatic rings. The molecule has 7 nitrogen and oxygen atoms in total. The van der Waals surface area contributed by atoms with Crippen LogP contribution in [0.1, 0.15) is 19.8 Å². The lowest BCUT2D eigenvalue weighted by atomic mass is 9.96. The minimum atomic E-state index is -0.0963. The molecule has 1 aliphatic heterocycles. The lowest BCUT2D eigenvalue weighted by Crippen LogP contribution is -2.40. The van der Waals surface area contributed by atoms with Gasteiger partial charge in [0.15, 0.2) is 5.65 Å². The molecule has 1 saturated heterocycles. The van der Waals surface area contributed by atoms with E-state index in [1.165, 1.54) is 0 Å². The number of pyridine rings is 1. The van der Waals surface area contributed by atoms with Gasteiger partial charge in [-0.15, -0.1) is 0 Å². The molecule has 1 fully saturated rings. The van der Waals surface area contributed by atoms with Crippen LogP contribution in [0.15, 0.2) is 48.9 Å². The molecular formula is C21H23N5O2. The van der Waals surface area contributed by atoms with Crippen LogP contribution in [0.5, 0.6) is 5.75 Å². The number of hydrogen-bond acceptors (Lipinski definition) is 6. The molecule has 144 valence electrons. The second-order valence-corrected chi connectivity index (χ2v) is 6.80. The van der Waals surface area contributed by atoms with Crippen LogP contribution in [-0.4, -0.2) is 40.6 Å². The molecule has 1 atom stereocenters. The predicted octanol–water partition coefficient (Wildman–Crippen LogP) is 3.28. The van der Waals surface area contributed by atoms with Crippen molar-refractivity contribution in [3.63, 3.8) is 0 Å². The van der Waals surface area contributed by atoms with Crippen LogP contribution in [0.3, 0.4) is 0 Å². The van der Waals surface area contributed by atoms with Crippen LogP contribution >= 0.6 is 0 Å². The van der Waals surface area contributed by atoms with Gasteiger partial charge in [-0.25, -0.2) is 9.97 Å². The van der Waals surface area contributed by atoms with Gasteiger partial charge in [-0.2, -0.15) is 0 Å². The molecule has 0 bridgehead atoms. The van der Waals surface area contributed by atoms with E-state index >= 15 is 0 Å². The smallest absolute Gasteiger partial charge is 0.229 e. The number of fused-ring (bicyclic) bond motifs is 1. The number of rotatable bonds is 5. The van der Waals surface area contributed by atoms with Crippen molar-refractivity contribution < 1.29 is 9.53 Å². The van der Waals surface area contributed by atoms with Crippen molar-refractivity contribution in [1.82, 2.24) is 15.0 Å². The van der Waals surface area contributed by atoms with E-state index in [9.17, 15) is 4.79 Å². The van der Waals surface area contributed by atoms with Crippen LogP contribution in [0.25, 0.3) is 11.2 Å². The first-order chi connectivity index (χ1) is 13.7. The van der Waals surface area contributed by atoms with E-state index in [0.717, 1.165) is 30.6 Å². The minimum Gasteiger partial charge on any atom is -0.492 e. The molecule has 3 aromatic rings. The Bertz CT molecular complexity index is 978. The third-order valence-electron chi connectivity index (χ3n) is 4.91. The first kappa shape index (κ1) is 18.2. The second kappa shape index (κ2) is 8.21. The molecule has 0 spiro atoms. The number of para-hydroxylation sites is 2. The molecule has 0 radical (unpaired) electrons. The third kappa shape index (κ3) is 3.88. The number of carbonyl (C=O) groups is 1. The van der Waals surface area contributed by atoms with Crippen LogP contribution < -0.4 is 15.0 Å². The fourth-order valence-corrected chi connectivity index (χ4v) is 3.53. The molecule has 1 aromatic carbocycles. The summed E-state index contributed by atoms with van der Waals surface area (Å²) in [5.74, 6) is 0.620. The number of nitrogens with zero attached hydrogens (tertiary/aromatic N) is 4. The Morgan fingerprint density at radius 1 is 1.25 bits per heavy atom. The molecule has 0 saturated carbocycles. The van der Waals surface area contributed by atoms with Crippen molar-refractivity contribution in [3.8, 4) is 5.75 Å². The summed E-state index contributed by atoms with van der Waals surface area (Å²) in [4.78, 5) is 28.0. The van der Waals surface area contributed by atoms with Crippen LogP contribution in [0.4, 0.5) is 11.4 Å². The summed E-state index contributed by atoms with van der Waals surface area (Å²) in [5.41, 5.74) is 3.08. The Balaban J connectivity index is 1.48. The highest BCUT2D eigenvalue weighted by molar-refractivity contribution is 5.94. The summed E-state index contributed by atoms with van der Waals surface area (Å²) in [5, 5.41) is 3.04. The van der Waals surface area contributed by atoms with Gasteiger partial charge in [-0.3, -0.25) is 9.78 Å². The number of carbonyl (C=O) groups excluding carboxylic acids is 1. The predicted molar refractivity (Wildman–Crippen MR) is 109 cm³/mol. The fourth-order valence-electron chi connectivity index (χ4n) is 3.53. The molecule has 3 heterocycles. The normalized spacial score (nSPS) is 16.8. The van der Waals surface area contributed by atoms with Crippen molar-refractivity contribution >= 4 is 28.4 Å². The lowest BCUT2D eigenvalue weighted by molar-refractivity contribution is -0.120. The van der Waals surface area contributed by atoms with Gasteiger partial charge in [0.1, 0.15) is 11.3 Å². The third-order valence-corrected chi connectivity index (χ3v) is 4.91. The largest absolute Gasteiger partial charge is 0.492 e. The van der Waals surface area contributed by atoms with E-state index in [2.05, 4.69) is 25.2 Å². The first-order valence-electron chi connectivity index (χ1n) is 9.59. The van der Waals surface area contributed by atoms with E-state index < -0.39 is 0 Å². The van der Waals surface area contributed by atoms with Crippen molar-refractivity contribution in [1.29, 1.82) is 0 Å². The zero-order chi connectivity index (χ0) is 19.3. The Labute approximate surface area is 163 Å². The maximum Gasteiger partial charge on any atom is 0.229 e. The van der Waals surface area contributed by atoms with Crippen LogP contribution in [0.2, 0.25) is 0 Å². The Morgan fingerprint density at radius 3 is 3.00 bits per heavy atom. The van der Waals surface area contributed by atoms with Gasteiger partial charge in [-0.1, -0.05) is 12.1 Å². The Morgan fingerprint density at radius 2 is 2.11 bits per heavy atom. The highest BCUT2D eigenvalue weighted by atomic mass is 16.5. The molecular weight excluding hydrogens is 354 g/mol. The highest BCUT2D eigenvalue weighted by Gasteiger charge is 2.27. The van der Waals surface area contributed by atoms with Gasteiger partial charge < -0.3 is 15.0 Å². The number of anilines is 2. The summed E-state index contributed by atoms with van der Waals surface area (Å²) in [6, 6.07) is 9.52. The number of hydrogen-bond donors (Lipinski definition) is 1. The SMILES string of the molecule is CCOc1ccccc1NC(=O)C1CCCN(c2cnc3nccnc3c2)C1. The van der Waals surface area contributed by atoms with Gasteiger partial charge in [0.2, 0.25) is 5.91 Å². The zero-order valence-electron chi connectivity index (χ0n) is 15.8. The standard InChI is InChI=1S/C21H23N5O2/c1-2-28-19-8-4-3-7-17(19)25-21(27)15-6-5-11-26(14-15)16-12-18-20(24-13-16)23-10-9-22-18/h3-4,7-10,12-13,15H,2,5-6,11,14H2,1H3,(H,25,27). The summed E-state index contributed by atoms with van der Waals surface area (Å²) in [6.45, 7) is 4.03. The maximum atomic E-state index is 12.9. The lowest BCUT2D eigenvalue weighted by Gasteiger charge is -2.33. The average Bonchev–Trinajstić information content (AvgIpc) is 2.75. The molecule has 1 unspecified atom stereocenters. The van der Waals surface area contributed by atoms with Crippen molar-refractivity contribution in [3.05, 3.63) is 48.9 Å². The van der Waals surface area contributed by atoms with Gasteiger partial charge in [0.25, 0.3) is 0 Å². The monoisotopic (exact) mass is 377 g/mol. The number of aromatic nitrogens is 3. The number of ether oxygens (including phenoxy) is 1. The van der Waals surface area contributed by atoms with Crippen molar-refractivity contribution in [2.75, 3.05) is 29.9 Å². The quantitative estimate of drug-likeness (QED) is 0.735. The van der Waals surface area contributed by atoms with Crippen molar-refractivity contribution in [2.45, 2.75) is 19.8 Å². The molecule has 1 N–H and O–H groups in total. The number of amides is 1. The molecule has 2 aromatic heterocycles. The molecule has 7 heteroatoms. The van der Waals surface area contributed by atoms with E-state index in [1.807, 2.05) is 43.5 Å². The zero-order valence-corrected chi connectivity index (χ0v) is 15.8. The Kier molecular flexibility index (Phi) is 5.32. The van der Waals surface area contributed by atoms with Gasteiger partial charge in [0, 0.05) is 25.5 Å². The molecule has 4 rings (SSSR count). The minimum absolute atomic E-state index is 0.0189. The van der Waals surface area contributed by atoms with E-state index in [4.69, 9.17) is 4.74 Å². The van der Waals surface area contributed by atoms with Crippen LogP contribution in [-0.2, 0) is 4.79 Å². The molecule has 0 aliphatic carbocycles. The van der Waals surface area contributed by atoms with E-state index in [0.29, 0.717) is 30.2 Å². The van der Waals surface area contributed by atoms with Crippen LogP contribution in [0, 0.1) is 5.92 Å². The van der Waals surface area contributed by atoms with Gasteiger partial charge in [-0.05, 0) is 38.0 Å². The van der Waals surface area contributed by atoms with Crippen molar-refractivity contribution in [2.24, 2.45) is 5.92 Å². The second-order valence-electron chi connectivity index (χ2n) is 6.80. The fraction of sp³-hybridized carbons (Fsp3) is 0.333. The average molecular weight is 377 g/mol. The highest BCUT2D eigenvalue weighted by Crippen LogP contribution is 2.28. The van der Waals surface area contributed by atoms with E-state index in [1.54, 1.807) is 12.4 Å². The molecule has 28 heavy (non-hydrogen) atoms. The number of piperidine rings is 1. The summed E-state index contributed by atoms with van der Waals surface area (Å²) < 4.78 is 5.61.